The zero-order valence-corrected chi connectivity index (χ0v) is 14.2. The number of hydrogen-bond acceptors (Lipinski definition) is 4. The number of carbonyl (C=O) groups excluding carboxylic acids is 1. The molecule has 1 aromatic rings. The van der Waals surface area contributed by atoms with Crippen molar-refractivity contribution in [2.75, 3.05) is 19.6 Å². The summed E-state index contributed by atoms with van der Waals surface area (Å²) in [4.78, 5) is 25.2. The van der Waals surface area contributed by atoms with Gasteiger partial charge >= 0.3 is 0 Å². The maximum atomic E-state index is 12.3. The van der Waals surface area contributed by atoms with Gasteiger partial charge in [0.2, 0.25) is 0 Å². The van der Waals surface area contributed by atoms with Crippen molar-refractivity contribution in [2.24, 2.45) is 0 Å². The molecular weight excluding hydrogens is 318 g/mol. The highest BCUT2D eigenvalue weighted by atomic mass is 35.5. The summed E-state index contributed by atoms with van der Waals surface area (Å²) < 4.78 is 0. The highest BCUT2D eigenvalue weighted by Crippen LogP contribution is 2.24. The average molecular weight is 340 g/mol. The Bertz CT molecular complexity index is 598. The lowest BCUT2D eigenvalue weighted by molar-refractivity contribution is -0.385. The van der Waals surface area contributed by atoms with Gasteiger partial charge in [0.05, 0.1) is 4.92 Å². The first-order valence-electron chi connectivity index (χ1n) is 7.78. The smallest absolute Gasteiger partial charge is 0.283 e. The third-order valence-corrected chi connectivity index (χ3v) is 4.53. The molecule has 0 spiro atoms. The fourth-order valence-corrected chi connectivity index (χ4v) is 3.02. The minimum atomic E-state index is -0.587. The van der Waals surface area contributed by atoms with Crippen molar-refractivity contribution in [3.8, 4) is 0 Å². The maximum Gasteiger partial charge on any atom is 0.283 e. The van der Waals surface area contributed by atoms with Gasteiger partial charge in [-0.25, -0.2) is 0 Å². The molecule has 0 aromatic heterocycles. The van der Waals surface area contributed by atoms with E-state index in [2.05, 4.69) is 24.1 Å². The fourth-order valence-electron chi connectivity index (χ4n) is 2.85. The largest absolute Gasteiger partial charge is 0.350 e. The van der Waals surface area contributed by atoms with E-state index >= 15 is 0 Å². The molecule has 126 valence electrons. The van der Waals surface area contributed by atoms with Crippen molar-refractivity contribution in [2.45, 2.75) is 38.6 Å². The van der Waals surface area contributed by atoms with Crippen LogP contribution in [-0.4, -0.2) is 40.9 Å². The minimum absolute atomic E-state index is 0.0360. The van der Waals surface area contributed by atoms with E-state index in [0.29, 0.717) is 6.54 Å². The Hall–Kier alpha value is -1.66. The van der Waals surface area contributed by atoms with Crippen LogP contribution in [0.5, 0.6) is 0 Å². The summed E-state index contributed by atoms with van der Waals surface area (Å²) in [5.41, 5.74) is -0.420. The van der Waals surface area contributed by atoms with Gasteiger partial charge in [-0.3, -0.25) is 19.8 Å². The van der Waals surface area contributed by atoms with Gasteiger partial charge in [-0.2, -0.15) is 0 Å². The van der Waals surface area contributed by atoms with Gasteiger partial charge in [0.1, 0.15) is 5.56 Å². The molecule has 1 saturated heterocycles. The average Bonchev–Trinajstić information content (AvgIpc) is 2.53. The number of halogens is 1. The molecule has 2 rings (SSSR count). The van der Waals surface area contributed by atoms with E-state index < -0.39 is 10.8 Å². The number of rotatable bonds is 5. The fraction of sp³-hybridized carbons (Fsp3) is 0.562. The number of nitrogens with one attached hydrogen (secondary N) is 1. The summed E-state index contributed by atoms with van der Waals surface area (Å²) in [7, 11) is 0. The third-order valence-electron chi connectivity index (χ3n) is 4.29. The predicted molar refractivity (Wildman–Crippen MR) is 89.9 cm³/mol. The van der Waals surface area contributed by atoms with Crippen molar-refractivity contribution in [1.82, 2.24) is 10.2 Å². The van der Waals surface area contributed by atoms with E-state index in [9.17, 15) is 14.9 Å². The molecule has 0 atom stereocenters. The maximum absolute atomic E-state index is 12.3. The molecule has 1 N–H and O–H groups in total. The van der Waals surface area contributed by atoms with Gasteiger partial charge in [-0.1, -0.05) is 18.0 Å². The summed E-state index contributed by atoms with van der Waals surface area (Å²) in [5, 5.41) is 14.1. The van der Waals surface area contributed by atoms with Crippen LogP contribution in [0.1, 0.15) is 43.5 Å². The van der Waals surface area contributed by atoms with E-state index in [-0.39, 0.29) is 21.8 Å². The van der Waals surface area contributed by atoms with Crippen molar-refractivity contribution >= 4 is 23.2 Å². The quantitative estimate of drug-likeness (QED) is 0.660. The molecule has 23 heavy (non-hydrogen) atoms. The molecule has 0 radical (unpaired) electrons. The number of nitro benzene ring substituents is 1. The topological polar surface area (TPSA) is 75.5 Å². The van der Waals surface area contributed by atoms with Gasteiger partial charge in [-0.15, -0.1) is 0 Å². The van der Waals surface area contributed by atoms with Crippen molar-refractivity contribution in [3.63, 3.8) is 0 Å². The van der Waals surface area contributed by atoms with Crippen LogP contribution in [0.25, 0.3) is 0 Å². The Morgan fingerprint density at radius 2 is 2.00 bits per heavy atom. The first kappa shape index (κ1) is 17.7. The van der Waals surface area contributed by atoms with Crippen molar-refractivity contribution < 1.29 is 9.72 Å². The Morgan fingerprint density at radius 1 is 1.35 bits per heavy atom. The van der Waals surface area contributed by atoms with Crippen LogP contribution in [0.3, 0.4) is 0 Å². The lowest BCUT2D eigenvalue weighted by Gasteiger charge is -2.41. The summed E-state index contributed by atoms with van der Waals surface area (Å²) in [6.07, 6.45) is 3.58. The number of benzene rings is 1. The lowest BCUT2D eigenvalue weighted by atomic mass is 9.98. The van der Waals surface area contributed by atoms with E-state index in [1.54, 1.807) is 0 Å². The number of likely N-dealkylation sites (tertiary alicyclic amines) is 1. The van der Waals surface area contributed by atoms with Gasteiger partial charge < -0.3 is 5.32 Å². The van der Waals surface area contributed by atoms with E-state index in [4.69, 9.17) is 11.6 Å². The number of hydrogen-bond donors (Lipinski definition) is 1. The first-order chi connectivity index (χ1) is 10.8. The molecule has 1 aromatic carbocycles. The standard InChI is InChI=1S/C16H22ClN3O3/c1-16(2,19-8-4-3-5-9-19)11-18-15(21)13-7-6-12(17)10-14(13)20(22)23/h6-7,10H,3-5,8-9,11H2,1-2H3,(H,18,21). The normalized spacial score (nSPS) is 16.1. The zero-order chi connectivity index (χ0) is 17.0. The second-order valence-electron chi connectivity index (χ2n) is 6.46. The zero-order valence-electron chi connectivity index (χ0n) is 13.5. The Balaban J connectivity index is 2.06. The van der Waals surface area contributed by atoms with Gasteiger partial charge in [0, 0.05) is 23.2 Å². The molecule has 0 unspecified atom stereocenters. The van der Waals surface area contributed by atoms with Crippen LogP contribution < -0.4 is 5.32 Å². The molecule has 0 aliphatic carbocycles. The number of nitrogens with zero attached hydrogens (tertiary/aromatic N) is 2. The molecule has 0 bridgehead atoms. The molecule has 7 heteroatoms. The number of piperidine rings is 1. The van der Waals surface area contributed by atoms with Crippen LogP contribution in [0.15, 0.2) is 18.2 Å². The Labute approximate surface area is 141 Å². The highest BCUT2D eigenvalue weighted by molar-refractivity contribution is 6.31. The highest BCUT2D eigenvalue weighted by Gasteiger charge is 2.29. The second-order valence-corrected chi connectivity index (χ2v) is 6.90. The van der Waals surface area contributed by atoms with Gasteiger partial charge in [0.15, 0.2) is 0 Å². The third kappa shape index (κ3) is 4.42. The Kier molecular flexibility index (Phi) is 5.59. The minimum Gasteiger partial charge on any atom is -0.350 e. The molecule has 0 saturated carbocycles. The van der Waals surface area contributed by atoms with Crippen molar-refractivity contribution in [1.29, 1.82) is 0 Å². The number of amides is 1. The van der Waals surface area contributed by atoms with Gasteiger partial charge in [0.25, 0.3) is 11.6 Å². The predicted octanol–water partition coefficient (Wildman–Crippen LogP) is 3.24. The lowest BCUT2D eigenvalue weighted by Crippen LogP contribution is -2.53. The van der Waals surface area contributed by atoms with E-state index in [0.717, 1.165) is 13.1 Å². The summed E-state index contributed by atoms with van der Waals surface area (Å²) in [6.45, 7) is 6.63. The molecule has 1 amide bonds. The Morgan fingerprint density at radius 3 is 2.61 bits per heavy atom. The SMILES string of the molecule is CC(C)(CNC(=O)c1ccc(Cl)cc1[N+](=O)[O-])N1CCCCC1. The van der Waals surface area contributed by atoms with Crippen LogP contribution in [0, 0.1) is 10.1 Å². The van der Waals surface area contributed by atoms with Crippen molar-refractivity contribution in [3.05, 3.63) is 38.9 Å². The van der Waals surface area contributed by atoms with E-state index in [1.165, 1.54) is 37.5 Å². The van der Waals surface area contributed by atoms with E-state index in [1.807, 2.05) is 0 Å². The number of nitro groups is 1. The first-order valence-corrected chi connectivity index (χ1v) is 8.16. The summed E-state index contributed by atoms with van der Waals surface area (Å²) in [5.74, 6) is -0.446. The monoisotopic (exact) mass is 339 g/mol. The summed E-state index contributed by atoms with van der Waals surface area (Å²) in [6, 6.07) is 4.08. The van der Waals surface area contributed by atoms with Gasteiger partial charge in [-0.05, 0) is 51.9 Å². The molecule has 6 nitrogen and oxygen atoms in total. The molecule has 1 aliphatic heterocycles. The molecule has 1 aliphatic rings. The molecular formula is C16H22ClN3O3. The molecule has 1 heterocycles. The molecule has 1 fully saturated rings. The van der Waals surface area contributed by atoms with Crippen LogP contribution in [-0.2, 0) is 0 Å². The summed E-state index contributed by atoms with van der Waals surface area (Å²) >= 11 is 5.77. The van der Waals surface area contributed by atoms with Crippen LogP contribution in [0.2, 0.25) is 5.02 Å². The number of carbonyl (C=O) groups is 1. The second kappa shape index (κ2) is 7.27. The van der Waals surface area contributed by atoms with Crippen LogP contribution in [0.4, 0.5) is 5.69 Å². The van der Waals surface area contributed by atoms with Crippen LogP contribution >= 0.6 is 11.6 Å².